The predicted octanol–water partition coefficient (Wildman–Crippen LogP) is 4.73. The number of benzene rings is 4. The normalized spacial score (nSPS) is 15.4. The van der Waals surface area contributed by atoms with E-state index in [-0.39, 0.29) is 40.2 Å². The van der Waals surface area contributed by atoms with Crippen LogP contribution in [0.1, 0.15) is 31.8 Å². The van der Waals surface area contributed by atoms with Crippen molar-refractivity contribution in [1.29, 1.82) is 0 Å². The Balaban J connectivity index is 1.20. The second-order valence-corrected chi connectivity index (χ2v) is 14.2. The monoisotopic (exact) mass is 769 g/mol. The lowest BCUT2D eigenvalue weighted by Gasteiger charge is -2.18. The van der Waals surface area contributed by atoms with Crippen LogP contribution in [0.4, 0.5) is 33.2 Å². The summed E-state index contributed by atoms with van der Waals surface area (Å²) in [5, 5.41) is 15.8. The lowest BCUT2D eigenvalue weighted by atomic mass is 9.94. The Kier molecular flexibility index (Phi) is 10.3. The summed E-state index contributed by atoms with van der Waals surface area (Å²) in [5.74, 6) is -1.69. The number of allylic oxidation sites excluding steroid dienone is 2. The van der Waals surface area contributed by atoms with E-state index in [2.05, 4.69) is 37.0 Å². The van der Waals surface area contributed by atoms with Crippen LogP contribution in [-0.2, 0) is 25.0 Å². The van der Waals surface area contributed by atoms with Crippen molar-refractivity contribution in [2.45, 2.75) is 0 Å². The molecule has 54 heavy (non-hydrogen) atoms. The van der Waals surface area contributed by atoms with Crippen molar-refractivity contribution in [3.63, 3.8) is 0 Å². The summed E-state index contributed by atoms with van der Waals surface area (Å²) in [5.41, 5.74) is 5.82. The first-order chi connectivity index (χ1) is 25.7. The molecule has 0 saturated heterocycles. The van der Waals surface area contributed by atoms with Crippen LogP contribution in [0.15, 0.2) is 111 Å². The second-order valence-electron chi connectivity index (χ2n) is 11.4. The van der Waals surface area contributed by atoms with Crippen LogP contribution >= 0.6 is 0 Å². The number of nitrogens with zero attached hydrogens (tertiary/aromatic N) is 2. The van der Waals surface area contributed by atoms with E-state index in [0.29, 0.717) is 23.3 Å². The van der Waals surface area contributed by atoms with Gasteiger partial charge in [0.05, 0.1) is 17.9 Å². The summed E-state index contributed by atoms with van der Waals surface area (Å²) in [6.45, 7) is 0.0868. The third kappa shape index (κ3) is 8.29. The van der Waals surface area contributed by atoms with E-state index < -0.39 is 59.1 Å². The number of ketones is 2. The van der Waals surface area contributed by atoms with Crippen molar-refractivity contribution in [3.05, 3.63) is 123 Å². The van der Waals surface area contributed by atoms with E-state index in [1.165, 1.54) is 36.4 Å². The van der Waals surface area contributed by atoms with Crippen LogP contribution in [0.25, 0.3) is 12.2 Å². The average Bonchev–Trinajstić information content (AvgIpc) is 3.13. The van der Waals surface area contributed by atoms with E-state index in [9.17, 15) is 45.1 Å². The maximum atomic E-state index is 13.5. The van der Waals surface area contributed by atoms with Crippen LogP contribution in [0.3, 0.4) is 0 Å². The number of hydrogen-bond acceptors (Lipinski definition) is 13. The predicted molar refractivity (Wildman–Crippen MR) is 203 cm³/mol. The smallest absolute Gasteiger partial charge is 0.323 e. The molecule has 6 rings (SSSR count). The Morgan fingerprint density at radius 1 is 0.611 bits per heavy atom. The van der Waals surface area contributed by atoms with E-state index >= 15 is 0 Å². The quantitative estimate of drug-likeness (QED) is 0.0619. The number of rotatable bonds is 11. The number of hydrogen-bond donors (Lipinski definition) is 7. The maximum Gasteiger partial charge on any atom is 0.323 e. The molecule has 0 bridgehead atoms. The highest BCUT2D eigenvalue weighted by Gasteiger charge is 2.34. The lowest BCUT2D eigenvalue weighted by Crippen LogP contribution is -2.28. The zero-order valence-electron chi connectivity index (χ0n) is 27.5. The molecule has 0 atom stereocenters. The van der Waals surface area contributed by atoms with Gasteiger partial charge in [0.1, 0.15) is 16.1 Å². The molecule has 0 unspecified atom stereocenters. The number of amides is 2. The van der Waals surface area contributed by atoms with Gasteiger partial charge >= 0.3 is 6.03 Å². The van der Waals surface area contributed by atoms with Crippen molar-refractivity contribution in [1.82, 2.24) is 0 Å². The molecule has 4 aromatic carbocycles. The van der Waals surface area contributed by atoms with Gasteiger partial charge in [-0.15, -0.1) is 0 Å². The van der Waals surface area contributed by atoms with Gasteiger partial charge in [0.15, 0.2) is 11.4 Å². The van der Waals surface area contributed by atoms with Crippen molar-refractivity contribution in [2.75, 3.05) is 33.3 Å². The van der Waals surface area contributed by atoms with Gasteiger partial charge < -0.3 is 20.7 Å². The van der Waals surface area contributed by atoms with Crippen molar-refractivity contribution < 1.29 is 45.1 Å². The second kappa shape index (κ2) is 15.0. The first kappa shape index (κ1) is 37.0. The van der Waals surface area contributed by atoms with Crippen molar-refractivity contribution >= 4 is 96.1 Å². The van der Waals surface area contributed by atoms with Crippen molar-refractivity contribution in [3.8, 4) is 0 Å². The van der Waals surface area contributed by atoms with Gasteiger partial charge in [0.25, 0.3) is 20.2 Å². The number of para-hydroxylation sites is 1. The van der Waals surface area contributed by atoms with Crippen LogP contribution < -0.4 is 26.8 Å². The molecule has 0 radical (unpaired) electrons. The van der Waals surface area contributed by atoms with Crippen LogP contribution in [-0.4, -0.2) is 67.8 Å². The van der Waals surface area contributed by atoms with Crippen LogP contribution in [0, 0.1) is 0 Å². The standard InChI is InChI=1S/C35H27N7O10S2/c43-15-14-36-22-8-10-24(11-9-22)40-42-32-29(53(47,48)49)17-20-6-7-26(19-28(20)34(32)45)38-35(46)37-25-12-13-27-21(16-25)18-30(54(50,51)52)31(33(27)44)41-39-23-4-2-1-3-5-23/h1-13,15-19,36,39-40H,14H2,(H2,37,38,46)(H,47,48,49)(H,50,51,52)/b41-31+,42-32-. The molecule has 4 aromatic rings. The van der Waals surface area contributed by atoms with E-state index in [0.717, 1.165) is 12.2 Å². The SMILES string of the molecule is O=CCNc1ccc(N/N=C2\C(=O)c3cc(NC(=O)Nc4ccc5c(c4)C=C(S(=O)(=O)O)/C(=N\Nc4ccccc4)C5=O)ccc3C=C2S(=O)(=O)O)cc1. The fraction of sp³-hybridized carbons (Fsp3) is 0.0286. The Morgan fingerprint density at radius 2 is 1.11 bits per heavy atom. The van der Waals surface area contributed by atoms with Gasteiger partial charge in [-0.2, -0.15) is 27.0 Å². The highest BCUT2D eigenvalue weighted by atomic mass is 32.2. The fourth-order valence-corrected chi connectivity index (χ4v) is 6.61. The molecule has 19 heteroatoms. The molecule has 0 fully saturated rings. The molecule has 274 valence electrons. The summed E-state index contributed by atoms with van der Waals surface area (Å²) >= 11 is 0. The summed E-state index contributed by atoms with van der Waals surface area (Å²) in [7, 11) is -9.83. The molecular formula is C35H27N7O10S2. The zero-order chi connectivity index (χ0) is 38.6. The minimum Gasteiger partial charge on any atom is -0.378 e. The summed E-state index contributed by atoms with van der Waals surface area (Å²) < 4.78 is 68.7. The lowest BCUT2D eigenvalue weighted by molar-refractivity contribution is -0.106. The van der Waals surface area contributed by atoms with Crippen LogP contribution in [0.5, 0.6) is 0 Å². The molecule has 7 N–H and O–H groups in total. The molecule has 0 saturated carbocycles. The summed E-state index contributed by atoms with van der Waals surface area (Å²) in [6, 6.07) is 21.9. The third-order valence-electron chi connectivity index (χ3n) is 7.78. The molecule has 0 heterocycles. The van der Waals surface area contributed by atoms with E-state index in [1.807, 2.05) is 0 Å². The Hall–Kier alpha value is -6.80. The number of urea groups is 1. The molecule has 2 aliphatic rings. The van der Waals surface area contributed by atoms with E-state index in [1.54, 1.807) is 54.6 Å². The largest absolute Gasteiger partial charge is 0.378 e. The first-order valence-corrected chi connectivity index (χ1v) is 18.4. The maximum absolute atomic E-state index is 13.5. The highest BCUT2D eigenvalue weighted by molar-refractivity contribution is 7.91. The minimum atomic E-state index is -4.92. The Morgan fingerprint density at radius 3 is 1.70 bits per heavy atom. The molecular weight excluding hydrogens is 743 g/mol. The molecule has 0 aliphatic heterocycles. The van der Waals surface area contributed by atoms with Crippen molar-refractivity contribution in [2.24, 2.45) is 10.2 Å². The van der Waals surface area contributed by atoms with Crippen LogP contribution in [0.2, 0.25) is 0 Å². The number of nitrogens with one attached hydrogen (secondary N) is 5. The fourth-order valence-electron chi connectivity index (χ4n) is 5.30. The average molecular weight is 770 g/mol. The molecule has 17 nitrogen and oxygen atoms in total. The summed E-state index contributed by atoms with van der Waals surface area (Å²) in [6.07, 6.45) is 2.78. The van der Waals surface area contributed by atoms with Gasteiger partial charge in [-0.3, -0.25) is 29.5 Å². The topological polar surface area (TPSA) is 262 Å². The number of aldehydes is 1. The summed E-state index contributed by atoms with van der Waals surface area (Å²) in [4.78, 5) is 48.9. The molecule has 0 spiro atoms. The molecule has 2 aliphatic carbocycles. The van der Waals surface area contributed by atoms with Gasteiger partial charge in [-0.1, -0.05) is 24.3 Å². The van der Waals surface area contributed by atoms with Gasteiger partial charge in [0, 0.05) is 28.2 Å². The number of anilines is 5. The van der Waals surface area contributed by atoms with Gasteiger partial charge in [-0.25, -0.2) is 4.79 Å². The van der Waals surface area contributed by atoms with Gasteiger partial charge in [-0.05, 0) is 90.0 Å². The molecule has 0 aromatic heterocycles. The number of carbonyl (C=O) groups is 4. The highest BCUT2D eigenvalue weighted by Crippen LogP contribution is 2.30. The minimum absolute atomic E-state index is 0.0445. The first-order valence-electron chi connectivity index (χ1n) is 15.6. The Bertz CT molecular complexity index is 2570. The number of Topliss-reactive ketones (excluding diaryl/α,β-unsaturated/α-hetero) is 2. The third-order valence-corrected chi connectivity index (χ3v) is 9.51. The van der Waals surface area contributed by atoms with Gasteiger partial charge in [0.2, 0.25) is 11.6 Å². The zero-order valence-corrected chi connectivity index (χ0v) is 29.1. The number of hydrazone groups is 2. The van der Waals surface area contributed by atoms with E-state index in [4.69, 9.17) is 0 Å². The number of carbonyl (C=O) groups excluding carboxylic acids is 4. The number of fused-ring (bicyclic) bond motifs is 2. The molecule has 2 amide bonds. The Labute approximate surface area is 307 Å².